The fraction of sp³-hybridized carbons (Fsp3) is 0.391. The summed E-state index contributed by atoms with van der Waals surface area (Å²) >= 11 is 0. The Labute approximate surface area is 195 Å². The van der Waals surface area contributed by atoms with Crippen molar-refractivity contribution in [2.24, 2.45) is 0 Å². The van der Waals surface area contributed by atoms with E-state index in [4.69, 9.17) is 0 Å². The summed E-state index contributed by atoms with van der Waals surface area (Å²) in [7, 11) is -0.121. The van der Waals surface area contributed by atoms with Crippen molar-refractivity contribution in [1.82, 2.24) is 14.5 Å². The highest BCUT2D eigenvalue weighted by molar-refractivity contribution is 7.90. The molecule has 0 aliphatic rings. The van der Waals surface area contributed by atoms with Crippen LogP contribution in [-0.2, 0) is 26.3 Å². The molecular weight excluding hydrogens is 447 g/mol. The summed E-state index contributed by atoms with van der Waals surface area (Å²) < 4.78 is 42.3. The minimum atomic E-state index is -4.20. The number of anilines is 1. The average molecular weight is 479 g/mol. The predicted molar refractivity (Wildman–Crippen MR) is 126 cm³/mol. The maximum absolute atomic E-state index is 14.6. The normalized spacial score (nSPS) is 12.3. The van der Waals surface area contributed by atoms with E-state index in [9.17, 15) is 22.4 Å². The molecule has 0 heterocycles. The quantitative estimate of drug-likeness (QED) is 0.568. The van der Waals surface area contributed by atoms with Crippen LogP contribution in [0.4, 0.5) is 10.1 Å². The van der Waals surface area contributed by atoms with Crippen molar-refractivity contribution in [2.45, 2.75) is 32.9 Å². The van der Waals surface area contributed by atoms with Gasteiger partial charge in [0.25, 0.3) is 0 Å². The fourth-order valence-corrected chi connectivity index (χ4v) is 4.48. The van der Waals surface area contributed by atoms with Gasteiger partial charge in [-0.25, -0.2) is 8.70 Å². The molecule has 0 unspecified atom stereocenters. The minimum Gasteiger partial charge on any atom is -0.357 e. The molecule has 0 aromatic heterocycles. The molecule has 10 heteroatoms. The van der Waals surface area contributed by atoms with Crippen LogP contribution in [-0.4, -0.2) is 63.2 Å². The van der Waals surface area contributed by atoms with Crippen molar-refractivity contribution in [3.8, 4) is 0 Å². The molecule has 0 aliphatic heterocycles. The molecule has 2 aromatic carbocycles. The highest BCUT2D eigenvalue weighted by atomic mass is 32.2. The van der Waals surface area contributed by atoms with E-state index >= 15 is 0 Å². The Hall–Kier alpha value is -2.98. The van der Waals surface area contributed by atoms with Crippen LogP contribution in [0, 0.1) is 12.7 Å². The van der Waals surface area contributed by atoms with Gasteiger partial charge in [0, 0.05) is 27.7 Å². The third-order valence-electron chi connectivity index (χ3n) is 5.37. The zero-order chi connectivity index (χ0) is 24.8. The molecule has 0 saturated heterocycles. The van der Waals surface area contributed by atoms with Gasteiger partial charge in [0.2, 0.25) is 11.8 Å². The molecule has 0 aliphatic carbocycles. The number of carbonyl (C=O) groups excluding carboxylic acids is 2. The van der Waals surface area contributed by atoms with Crippen molar-refractivity contribution < 1.29 is 22.4 Å². The third kappa shape index (κ3) is 6.08. The molecule has 2 rings (SSSR count). The summed E-state index contributed by atoms with van der Waals surface area (Å²) in [5.41, 5.74) is 1.50. The molecule has 1 atom stereocenters. The lowest BCUT2D eigenvalue weighted by Gasteiger charge is -2.34. The average Bonchev–Trinajstić information content (AvgIpc) is 2.78. The second-order valence-electron chi connectivity index (χ2n) is 7.73. The Kier molecular flexibility index (Phi) is 8.95. The number of hydrogen-bond acceptors (Lipinski definition) is 4. The van der Waals surface area contributed by atoms with Crippen LogP contribution in [0.15, 0.2) is 48.5 Å². The van der Waals surface area contributed by atoms with Crippen LogP contribution in [0.1, 0.15) is 24.5 Å². The number of hydrogen-bond donors (Lipinski definition) is 1. The lowest BCUT2D eigenvalue weighted by atomic mass is 10.1. The number of halogens is 1. The first-order valence-corrected chi connectivity index (χ1v) is 11.9. The van der Waals surface area contributed by atoms with Gasteiger partial charge < -0.3 is 10.2 Å². The number of carbonyl (C=O) groups is 2. The van der Waals surface area contributed by atoms with Crippen molar-refractivity contribution >= 4 is 27.7 Å². The number of benzene rings is 2. The molecule has 0 radical (unpaired) electrons. The number of nitrogens with zero attached hydrogens (tertiary/aromatic N) is 3. The Morgan fingerprint density at radius 1 is 1.06 bits per heavy atom. The van der Waals surface area contributed by atoms with E-state index in [0.717, 1.165) is 25.8 Å². The molecule has 2 amide bonds. The van der Waals surface area contributed by atoms with Crippen LogP contribution in [0.25, 0.3) is 0 Å². The maximum atomic E-state index is 14.6. The zero-order valence-corrected chi connectivity index (χ0v) is 20.4. The molecule has 33 heavy (non-hydrogen) atoms. The summed E-state index contributed by atoms with van der Waals surface area (Å²) in [5.74, 6) is -1.77. The molecule has 0 saturated carbocycles. The Balaban J connectivity index is 2.53. The van der Waals surface area contributed by atoms with Gasteiger partial charge in [-0.3, -0.25) is 9.59 Å². The first kappa shape index (κ1) is 26.3. The van der Waals surface area contributed by atoms with Crippen LogP contribution in [0.3, 0.4) is 0 Å². The first-order valence-electron chi connectivity index (χ1n) is 10.5. The molecule has 0 bridgehead atoms. The second kappa shape index (κ2) is 11.2. The van der Waals surface area contributed by atoms with E-state index in [0.29, 0.717) is 6.42 Å². The highest BCUT2D eigenvalue weighted by Gasteiger charge is 2.34. The van der Waals surface area contributed by atoms with Crippen LogP contribution >= 0.6 is 0 Å². The third-order valence-corrected chi connectivity index (χ3v) is 7.18. The number of amides is 2. The SMILES string of the molecule is CC[C@H](C(=O)NC)N(Cc1ccccc1C)C(=O)CN(c1ccccc1F)S(=O)(=O)N(C)C. The van der Waals surface area contributed by atoms with Gasteiger partial charge in [-0.2, -0.15) is 12.7 Å². The highest BCUT2D eigenvalue weighted by Crippen LogP contribution is 2.24. The van der Waals surface area contributed by atoms with Gasteiger partial charge in [-0.05, 0) is 36.6 Å². The topological polar surface area (TPSA) is 90.0 Å². The standard InChI is InChI=1S/C23H31FN4O4S/c1-6-20(23(30)25-3)27(15-18-12-8-7-11-17(18)2)22(29)16-28(33(31,32)26(4)5)21-14-10-9-13-19(21)24/h7-14,20H,6,15-16H2,1-5H3,(H,25,30)/t20-/m1/s1. The van der Waals surface area contributed by atoms with Crippen molar-refractivity contribution in [3.63, 3.8) is 0 Å². The molecule has 0 spiro atoms. The first-order chi connectivity index (χ1) is 15.5. The van der Waals surface area contributed by atoms with E-state index in [2.05, 4.69) is 5.32 Å². The Morgan fingerprint density at radius 2 is 1.67 bits per heavy atom. The van der Waals surface area contributed by atoms with E-state index in [1.807, 2.05) is 31.2 Å². The summed E-state index contributed by atoms with van der Waals surface area (Å²) in [5, 5.41) is 2.56. The van der Waals surface area contributed by atoms with Crippen molar-refractivity contribution in [3.05, 3.63) is 65.5 Å². The number of likely N-dealkylation sites (N-methyl/N-ethyl adjacent to an activating group) is 1. The molecular formula is C23H31FN4O4S. The van der Waals surface area contributed by atoms with E-state index in [-0.39, 0.29) is 18.1 Å². The summed E-state index contributed by atoms with van der Waals surface area (Å²) in [6.07, 6.45) is 0.317. The minimum absolute atomic E-state index is 0.102. The monoisotopic (exact) mass is 478 g/mol. The maximum Gasteiger partial charge on any atom is 0.304 e. The fourth-order valence-electron chi connectivity index (χ4n) is 3.41. The number of rotatable bonds is 10. The number of aryl methyl sites for hydroxylation is 1. The lowest BCUT2D eigenvalue weighted by Crippen LogP contribution is -2.53. The molecule has 180 valence electrons. The second-order valence-corrected chi connectivity index (χ2v) is 9.80. The molecule has 8 nitrogen and oxygen atoms in total. The van der Waals surface area contributed by atoms with E-state index < -0.39 is 34.5 Å². The lowest BCUT2D eigenvalue weighted by molar-refractivity contribution is -0.140. The van der Waals surface area contributed by atoms with Gasteiger partial charge in [0.15, 0.2) is 0 Å². The van der Waals surface area contributed by atoms with Crippen molar-refractivity contribution in [2.75, 3.05) is 32.0 Å². The summed E-state index contributed by atoms with van der Waals surface area (Å²) in [6.45, 7) is 3.09. The van der Waals surface area contributed by atoms with Crippen LogP contribution in [0.2, 0.25) is 0 Å². The largest absolute Gasteiger partial charge is 0.357 e. The summed E-state index contributed by atoms with van der Waals surface area (Å²) in [4.78, 5) is 27.5. The number of para-hydroxylation sites is 1. The van der Waals surface area contributed by atoms with E-state index in [1.54, 1.807) is 6.92 Å². The zero-order valence-electron chi connectivity index (χ0n) is 19.6. The van der Waals surface area contributed by atoms with Crippen molar-refractivity contribution in [1.29, 1.82) is 0 Å². The molecule has 1 N–H and O–H groups in total. The van der Waals surface area contributed by atoms with Gasteiger partial charge in [-0.15, -0.1) is 0 Å². The summed E-state index contributed by atoms with van der Waals surface area (Å²) in [6, 6.07) is 12.0. The van der Waals surface area contributed by atoms with Gasteiger partial charge in [0.05, 0.1) is 5.69 Å². The number of nitrogens with one attached hydrogen (secondary N) is 1. The molecule has 0 fully saturated rings. The Morgan fingerprint density at radius 3 is 2.21 bits per heavy atom. The van der Waals surface area contributed by atoms with Crippen LogP contribution < -0.4 is 9.62 Å². The predicted octanol–water partition coefficient (Wildman–Crippen LogP) is 2.30. The van der Waals surface area contributed by atoms with Gasteiger partial charge in [-0.1, -0.05) is 43.3 Å². The molecule has 2 aromatic rings. The smallest absolute Gasteiger partial charge is 0.304 e. The van der Waals surface area contributed by atoms with Gasteiger partial charge >= 0.3 is 10.2 Å². The van der Waals surface area contributed by atoms with Gasteiger partial charge in [0.1, 0.15) is 18.4 Å². The Bertz CT molecular complexity index is 1090. The van der Waals surface area contributed by atoms with Crippen LogP contribution in [0.5, 0.6) is 0 Å². The van der Waals surface area contributed by atoms with E-state index in [1.165, 1.54) is 44.2 Å².